The fourth-order valence-corrected chi connectivity index (χ4v) is 2.25. The molecule has 4 heteroatoms. The smallest absolute Gasteiger partial charge is 0.123 e. The van der Waals surface area contributed by atoms with Crippen LogP contribution in [0.25, 0.3) is 0 Å². The molecular weight excluding hydrogens is 240 g/mol. The van der Waals surface area contributed by atoms with Gasteiger partial charge < -0.3 is 20.5 Å². The van der Waals surface area contributed by atoms with E-state index in [4.69, 9.17) is 15.2 Å². The van der Waals surface area contributed by atoms with Crippen LogP contribution in [0.1, 0.15) is 31.4 Å². The molecule has 0 heterocycles. The fraction of sp³-hybridized carbons (Fsp3) is 0.600. The number of benzene rings is 1. The van der Waals surface area contributed by atoms with Crippen LogP contribution in [0, 0.1) is 0 Å². The third kappa shape index (κ3) is 5.19. The number of nitrogens with one attached hydrogen (secondary N) is 1. The van der Waals surface area contributed by atoms with Crippen LogP contribution in [-0.2, 0) is 4.74 Å². The Hall–Kier alpha value is -1.10. The van der Waals surface area contributed by atoms with E-state index in [0.717, 1.165) is 18.6 Å². The molecule has 0 bridgehead atoms. The van der Waals surface area contributed by atoms with E-state index in [1.54, 1.807) is 14.2 Å². The topological polar surface area (TPSA) is 56.5 Å². The molecule has 0 saturated carbocycles. The van der Waals surface area contributed by atoms with Gasteiger partial charge in [0.1, 0.15) is 5.75 Å². The van der Waals surface area contributed by atoms with Crippen LogP contribution in [0.2, 0.25) is 0 Å². The average molecular weight is 266 g/mol. The standard InChI is InChI=1S/C15H26N2O2/c1-12(14-8-4-5-9-15(14)19-3)17-13(11-18-2)7-6-10-16/h4-5,8-9,12-13,17H,6-7,10-11,16H2,1-3H3/t12-,13?/m0/s1. The van der Waals surface area contributed by atoms with Gasteiger partial charge in [-0.2, -0.15) is 0 Å². The Morgan fingerprint density at radius 1 is 1.26 bits per heavy atom. The van der Waals surface area contributed by atoms with Gasteiger partial charge in [0, 0.05) is 24.8 Å². The summed E-state index contributed by atoms with van der Waals surface area (Å²) in [7, 11) is 3.43. The maximum absolute atomic E-state index is 5.57. The summed E-state index contributed by atoms with van der Waals surface area (Å²) in [5.74, 6) is 0.914. The Kier molecular flexibility index (Phi) is 7.48. The number of ether oxygens (including phenoxy) is 2. The van der Waals surface area contributed by atoms with Crippen molar-refractivity contribution in [1.29, 1.82) is 0 Å². The minimum Gasteiger partial charge on any atom is -0.496 e. The molecule has 0 radical (unpaired) electrons. The van der Waals surface area contributed by atoms with E-state index in [2.05, 4.69) is 18.3 Å². The van der Waals surface area contributed by atoms with Crippen LogP contribution >= 0.6 is 0 Å². The molecule has 1 rings (SSSR count). The lowest BCUT2D eigenvalue weighted by atomic mass is 10.0. The SMILES string of the molecule is COCC(CCCN)N[C@@H](C)c1ccccc1OC. The third-order valence-corrected chi connectivity index (χ3v) is 3.22. The van der Waals surface area contributed by atoms with Crippen LogP contribution in [0.15, 0.2) is 24.3 Å². The van der Waals surface area contributed by atoms with Crippen LogP contribution in [-0.4, -0.2) is 33.4 Å². The lowest BCUT2D eigenvalue weighted by molar-refractivity contribution is 0.156. The van der Waals surface area contributed by atoms with E-state index in [1.807, 2.05) is 18.2 Å². The fourth-order valence-electron chi connectivity index (χ4n) is 2.25. The Balaban J connectivity index is 2.66. The van der Waals surface area contributed by atoms with Crippen LogP contribution in [0.4, 0.5) is 0 Å². The molecule has 4 nitrogen and oxygen atoms in total. The monoisotopic (exact) mass is 266 g/mol. The maximum atomic E-state index is 5.57. The Bertz CT molecular complexity index is 358. The highest BCUT2D eigenvalue weighted by Gasteiger charge is 2.15. The summed E-state index contributed by atoms with van der Waals surface area (Å²) in [6, 6.07) is 8.61. The summed E-state index contributed by atoms with van der Waals surface area (Å²) in [5.41, 5.74) is 6.74. The Morgan fingerprint density at radius 3 is 2.63 bits per heavy atom. The first-order chi connectivity index (χ1) is 9.22. The quantitative estimate of drug-likeness (QED) is 0.718. The average Bonchev–Trinajstić information content (AvgIpc) is 2.44. The van der Waals surface area contributed by atoms with Crippen molar-refractivity contribution in [2.75, 3.05) is 27.4 Å². The van der Waals surface area contributed by atoms with Gasteiger partial charge in [-0.25, -0.2) is 0 Å². The second-order valence-corrected chi connectivity index (χ2v) is 4.71. The highest BCUT2D eigenvalue weighted by Crippen LogP contribution is 2.24. The summed E-state index contributed by atoms with van der Waals surface area (Å²) < 4.78 is 10.7. The highest BCUT2D eigenvalue weighted by molar-refractivity contribution is 5.35. The summed E-state index contributed by atoms with van der Waals surface area (Å²) in [6.45, 7) is 3.55. The molecule has 0 aliphatic rings. The number of hydrogen-bond donors (Lipinski definition) is 2. The number of nitrogens with two attached hydrogens (primary N) is 1. The van der Waals surface area contributed by atoms with Gasteiger partial charge in [-0.05, 0) is 32.4 Å². The first-order valence-corrected chi connectivity index (χ1v) is 6.80. The van der Waals surface area contributed by atoms with Crippen LogP contribution < -0.4 is 15.8 Å². The van der Waals surface area contributed by atoms with Gasteiger partial charge in [0.2, 0.25) is 0 Å². The molecule has 1 aromatic rings. The van der Waals surface area contributed by atoms with E-state index in [-0.39, 0.29) is 6.04 Å². The number of methoxy groups -OCH3 is 2. The molecule has 0 fully saturated rings. The molecule has 0 amide bonds. The first kappa shape index (κ1) is 16.0. The van der Waals surface area contributed by atoms with Crippen LogP contribution in [0.3, 0.4) is 0 Å². The molecule has 0 aliphatic carbocycles. The molecule has 0 saturated heterocycles. The number of hydrogen-bond acceptors (Lipinski definition) is 4. The van der Waals surface area contributed by atoms with Gasteiger partial charge in [-0.1, -0.05) is 18.2 Å². The second kappa shape index (κ2) is 8.91. The minimum absolute atomic E-state index is 0.217. The summed E-state index contributed by atoms with van der Waals surface area (Å²) in [6.07, 6.45) is 2.02. The lowest BCUT2D eigenvalue weighted by Crippen LogP contribution is -2.35. The van der Waals surface area contributed by atoms with Gasteiger partial charge in [0.05, 0.1) is 13.7 Å². The minimum atomic E-state index is 0.217. The molecule has 0 spiro atoms. The normalized spacial score (nSPS) is 14.1. The predicted molar refractivity (Wildman–Crippen MR) is 78.5 cm³/mol. The molecule has 2 atom stereocenters. The zero-order valence-electron chi connectivity index (χ0n) is 12.2. The maximum Gasteiger partial charge on any atom is 0.123 e. The van der Waals surface area contributed by atoms with Crippen molar-refractivity contribution in [2.45, 2.75) is 31.8 Å². The largest absolute Gasteiger partial charge is 0.496 e. The molecule has 1 aromatic carbocycles. The van der Waals surface area contributed by atoms with Crippen molar-refractivity contribution in [3.05, 3.63) is 29.8 Å². The Morgan fingerprint density at radius 2 is 2.00 bits per heavy atom. The van der Waals surface area contributed by atoms with Crippen molar-refractivity contribution in [1.82, 2.24) is 5.32 Å². The molecule has 0 aliphatic heterocycles. The van der Waals surface area contributed by atoms with Gasteiger partial charge >= 0.3 is 0 Å². The van der Waals surface area contributed by atoms with Crippen molar-refractivity contribution in [2.24, 2.45) is 5.73 Å². The molecule has 0 aromatic heterocycles. The number of rotatable bonds is 9. The van der Waals surface area contributed by atoms with E-state index in [1.165, 1.54) is 5.56 Å². The zero-order chi connectivity index (χ0) is 14.1. The third-order valence-electron chi connectivity index (χ3n) is 3.22. The summed E-state index contributed by atoms with van der Waals surface area (Å²) in [4.78, 5) is 0. The van der Waals surface area contributed by atoms with Crippen molar-refractivity contribution < 1.29 is 9.47 Å². The molecule has 1 unspecified atom stereocenters. The van der Waals surface area contributed by atoms with Gasteiger partial charge in [0.25, 0.3) is 0 Å². The van der Waals surface area contributed by atoms with Crippen LogP contribution in [0.5, 0.6) is 5.75 Å². The number of para-hydroxylation sites is 1. The lowest BCUT2D eigenvalue weighted by Gasteiger charge is -2.24. The summed E-state index contributed by atoms with van der Waals surface area (Å²) in [5, 5.41) is 3.58. The Labute approximate surface area is 116 Å². The van der Waals surface area contributed by atoms with Gasteiger partial charge in [-0.3, -0.25) is 0 Å². The molecule has 3 N–H and O–H groups in total. The van der Waals surface area contributed by atoms with Crippen molar-refractivity contribution >= 4 is 0 Å². The molecule has 108 valence electrons. The van der Waals surface area contributed by atoms with Gasteiger partial charge in [0.15, 0.2) is 0 Å². The molecule has 19 heavy (non-hydrogen) atoms. The highest BCUT2D eigenvalue weighted by atomic mass is 16.5. The molecular formula is C15H26N2O2. The predicted octanol–water partition coefficient (Wildman–Crippen LogP) is 2.10. The zero-order valence-corrected chi connectivity index (χ0v) is 12.2. The second-order valence-electron chi connectivity index (χ2n) is 4.71. The first-order valence-electron chi connectivity index (χ1n) is 6.80. The van der Waals surface area contributed by atoms with Gasteiger partial charge in [-0.15, -0.1) is 0 Å². The van der Waals surface area contributed by atoms with Crippen molar-refractivity contribution in [3.8, 4) is 5.75 Å². The summed E-state index contributed by atoms with van der Waals surface area (Å²) >= 11 is 0. The van der Waals surface area contributed by atoms with E-state index < -0.39 is 0 Å². The van der Waals surface area contributed by atoms with E-state index in [9.17, 15) is 0 Å². The van der Waals surface area contributed by atoms with E-state index in [0.29, 0.717) is 19.2 Å². The van der Waals surface area contributed by atoms with Crippen molar-refractivity contribution in [3.63, 3.8) is 0 Å². The van der Waals surface area contributed by atoms with E-state index >= 15 is 0 Å².